The maximum absolute atomic E-state index is 12.6. The Morgan fingerprint density at radius 2 is 1.52 bits per heavy atom. The van der Waals surface area contributed by atoms with Crippen LogP contribution in [0.15, 0.2) is 0 Å². The molecule has 12 heteroatoms. The smallest absolute Gasteiger partial charge is 0.326 e. The van der Waals surface area contributed by atoms with Crippen LogP contribution in [0.25, 0.3) is 0 Å². The van der Waals surface area contributed by atoms with Crippen molar-refractivity contribution in [2.75, 3.05) is 5.75 Å². The third kappa shape index (κ3) is 9.61. The Morgan fingerprint density at radius 3 is 1.93 bits per heavy atom. The van der Waals surface area contributed by atoms with Crippen molar-refractivity contribution < 1.29 is 29.1 Å². The monoisotopic (exact) mass is 433 g/mol. The van der Waals surface area contributed by atoms with Gasteiger partial charge in [-0.25, -0.2) is 4.79 Å². The Labute approximate surface area is 175 Å². The van der Waals surface area contributed by atoms with Gasteiger partial charge in [-0.3, -0.25) is 19.2 Å². The van der Waals surface area contributed by atoms with Crippen LogP contribution in [0.5, 0.6) is 0 Å². The molecule has 0 heterocycles. The van der Waals surface area contributed by atoms with Gasteiger partial charge in [-0.2, -0.15) is 12.6 Å². The molecule has 0 aromatic heterocycles. The fourth-order valence-electron chi connectivity index (χ4n) is 2.26. The molecule has 0 saturated carbocycles. The molecule has 11 nitrogen and oxygen atoms in total. The van der Waals surface area contributed by atoms with E-state index in [2.05, 4.69) is 28.6 Å². The lowest BCUT2D eigenvalue weighted by Gasteiger charge is -2.27. The number of hydrogen-bond acceptors (Lipinski definition) is 7. The predicted molar refractivity (Wildman–Crippen MR) is 109 cm³/mol. The molecule has 4 amide bonds. The van der Waals surface area contributed by atoms with Gasteiger partial charge < -0.3 is 32.5 Å². The molecule has 5 unspecified atom stereocenters. The lowest BCUT2D eigenvalue weighted by Crippen LogP contribution is -2.59. The van der Waals surface area contributed by atoms with E-state index in [1.807, 2.05) is 0 Å². The van der Waals surface area contributed by atoms with E-state index in [1.165, 1.54) is 6.92 Å². The maximum atomic E-state index is 12.6. The van der Waals surface area contributed by atoms with Crippen LogP contribution >= 0.6 is 12.6 Å². The summed E-state index contributed by atoms with van der Waals surface area (Å²) in [6.07, 6.45) is 0.110. The molecular weight excluding hydrogens is 402 g/mol. The summed E-state index contributed by atoms with van der Waals surface area (Å²) in [7, 11) is 0. The molecule has 0 aliphatic carbocycles. The maximum Gasteiger partial charge on any atom is 0.326 e. The molecule has 29 heavy (non-hydrogen) atoms. The summed E-state index contributed by atoms with van der Waals surface area (Å²) in [5, 5.41) is 16.5. The number of nitrogens with one attached hydrogen (secondary N) is 3. The fourth-order valence-corrected chi connectivity index (χ4v) is 2.52. The number of aliphatic carboxylic acids is 1. The molecule has 166 valence electrons. The number of thiol groups is 1. The lowest BCUT2D eigenvalue weighted by molar-refractivity contribution is -0.143. The zero-order valence-corrected chi connectivity index (χ0v) is 17.7. The van der Waals surface area contributed by atoms with Gasteiger partial charge in [0.1, 0.15) is 18.1 Å². The highest BCUT2D eigenvalue weighted by Crippen LogP contribution is 2.10. The average Bonchev–Trinajstić information content (AvgIpc) is 2.65. The molecule has 5 atom stereocenters. The van der Waals surface area contributed by atoms with Crippen LogP contribution in [-0.4, -0.2) is 64.6 Å². The van der Waals surface area contributed by atoms with Crippen molar-refractivity contribution in [3.05, 3.63) is 0 Å². The fraction of sp³-hybridized carbons (Fsp3) is 0.706. The number of rotatable bonds is 13. The summed E-state index contributed by atoms with van der Waals surface area (Å²) in [6, 6.07) is -4.25. The van der Waals surface area contributed by atoms with E-state index in [9.17, 15) is 29.1 Å². The molecule has 0 aliphatic heterocycles. The first-order valence-electron chi connectivity index (χ1n) is 9.23. The first kappa shape index (κ1) is 26.7. The number of amides is 4. The quantitative estimate of drug-likeness (QED) is 0.165. The highest BCUT2D eigenvalue weighted by Gasteiger charge is 2.32. The van der Waals surface area contributed by atoms with Gasteiger partial charge in [0, 0.05) is 12.2 Å². The molecule has 0 radical (unpaired) electrons. The second kappa shape index (κ2) is 13.0. The summed E-state index contributed by atoms with van der Waals surface area (Å²) in [5.41, 5.74) is 10.5. The van der Waals surface area contributed by atoms with Crippen molar-refractivity contribution in [1.82, 2.24) is 16.0 Å². The number of carbonyl (C=O) groups is 5. The van der Waals surface area contributed by atoms with Gasteiger partial charge in [-0.1, -0.05) is 20.3 Å². The first-order valence-corrected chi connectivity index (χ1v) is 9.86. The Balaban J connectivity index is 5.29. The van der Waals surface area contributed by atoms with Crippen LogP contribution < -0.4 is 27.4 Å². The van der Waals surface area contributed by atoms with Crippen LogP contribution in [0, 0.1) is 5.92 Å². The molecule has 0 spiro atoms. The minimum atomic E-state index is -1.34. The Kier molecular flexibility index (Phi) is 11.9. The van der Waals surface area contributed by atoms with Gasteiger partial charge in [0.15, 0.2) is 0 Å². The Bertz CT molecular complexity index is 615. The molecule has 0 aromatic carbocycles. The van der Waals surface area contributed by atoms with E-state index >= 15 is 0 Å². The summed E-state index contributed by atoms with van der Waals surface area (Å²) >= 11 is 4.04. The summed E-state index contributed by atoms with van der Waals surface area (Å²) in [6.45, 7) is 4.96. The first-order chi connectivity index (χ1) is 13.4. The van der Waals surface area contributed by atoms with Crippen LogP contribution in [0.4, 0.5) is 0 Å². The normalized spacial score (nSPS) is 15.9. The standard InChI is InChI=1S/C17H31N5O6S/c1-4-8(2)13(16(26)20-10(17(27)28)5-6-12(19)23)22-15(25)11(7-29)21-14(24)9(3)18/h8-11,13,29H,4-7,18H2,1-3H3,(H2,19,23)(H,20,26)(H,21,24)(H,22,25)(H,27,28). The Hall–Kier alpha value is -2.34. The van der Waals surface area contributed by atoms with Gasteiger partial charge in [0.25, 0.3) is 0 Å². The summed E-state index contributed by atoms with van der Waals surface area (Å²) in [4.78, 5) is 59.2. The second-order valence-electron chi connectivity index (χ2n) is 6.81. The molecule has 8 N–H and O–H groups in total. The zero-order chi connectivity index (χ0) is 22.7. The third-order valence-corrected chi connectivity index (χ3v) is 4.68. The average molecular weight is 434 g/mol. The molecular formula is C17H31N5O6S. The van der Waals surface area contributed by atoms with Crippen molar-refractivity contribution in [1.29, 1.82) is 0 Å². The largest absolute Gasteiger partial charge is 0.480 e. The highest BCUT2D eigenvalue weighted by atomic mass is 32.1. The van der Waals surface area contributed by atoms with Gasteiger partial charge in [-0.05, 0) is 19.3 Å². The SMILES string of the molecule is CCC(C)C(NC(=O)C(CS)NC(=O)C(C)N)C(=O)NC(CCC(N)=O)C(=O)O. The van der Waals surface area contributed by atoms with Crippen molar-refractivity contribution in [3.8, 4) is 0 Å². The van der Waals surface area contributed by atoms with Gasteiger partial charge in [0.05, 0.1) is 6.04 Å². The van der Waals surface area contributed by atoms with Crippen molar-refractivity contribution in [3.63, 3.8) is 0 Å². The summed E-state index contributed by atoms with van der Waals surface area (Å²) < 4.78 is 0. The van der Waals surface area contributed by atoms with E-state index in [-0.39, 0.29) is 24.5 Å². The molecule has 0 saturated heterocycles. The molecule has 0 fully saturated rings. The molecule has 0 aliphatic rings. The summed E-state index contributed by atoms with van der Waals surface area (Å²) in [5.74, 6) is -4.32. The van der Waals surface area contributed by atoms with E-state index in [4.69, 9.17) is 11.5 Å². The van der Waals surface area contributed by atoms with Crippen molar-refractivity contribution in [2.45, 2.75) is 64.2 Å². The van der Waals surface area contributed by atoms with Gasteiger partial charge in [-0.15, -0.1) is 0 Å². The minimum absolute atomic E-state index is 0.0322. The van der Waals surface area contributed by atoms with E-state index < -0.39 is 53.8 Å². The van der Waals surface area contributed by atoms with Crippen LogP contribution in [0.3, 0.4) is 0 Å². The number of primary amides is 1. The number of carbonyl (C=O) groups excluding carboxylic acids is 4. The zero-order valence-electron chi connectivity index (χ0n) is 16.8. The van der Waals surface area contributed by atoms with Crippen molar-refractivity contribution >= 4 is 42.2 Å². The van der Waals surface area contributed by atoms with Gasteiger partial charge >= 0.3 is 5.97 Å². The second-order valence-corrected chi connectivity index (χ2v) is 7.17. The van der Waals surface area contributed by atoms with Crippen molar-refractivity contribution in [2.24, 2.45) is 17.4 Å². The number of hydrogen-bond donors (Lipinski definition) is 7. The predicted octanol–water partition coefficient (Wildman–Crippen LogP) is -1.89. The number of carboxylic acid groups (broad SMARTS) is 1. The van der Waals surface area contributed by atoms with Crippen LogP contribution in [0.1, 0.15) is 40.0 Å². The molecule has 0 rings (SSSR count). The molecule has 0 bridgehead atoms. The van der Waals surface area contributed by atoms with Crippen LogP contribution in [-0.2, 0) is 24.0 Å². The van der Waals surface area contributed by atoms with E-state index in [1.54, 1.807) is 13.8 Å². The van der Waals surface area contributed by atoms with Crippen LogP contribution in [0.2, 0.25) is 0 Å². The van der Waals surface area contributed by atoms with E-state index in [0.29, 0.717) is 6.42 Å². The van der Waals surface area contributed by atoms with E-state index in [0.717, 1.165) is 0 Å². The topological polar surface area (TPSA) is 194 Å². The lowest BCUT2D eigenvalue weighted by atomic mass is 9.97. The minimum Gasteiger partial charge on any atom is -0.480 e. The van der Waals surface area contributed by atoms with Gasteiger partial charge in [0.2, 0.25) is 23.6 Å². The Morgan fingerprint density at radius 1 is 0.966 bits per heavy atom. The number of carboxylic acids is 1. The third-order valence-electron chi connectivity index (χ3n) is 4.32. The number of nitrogens with two attached hydrogens (primary N) is 2. The highest BCUT2D eigenvalue weighted by molar-refractivity contribution is 7.80. The molecule has 0 aromatic rings.